The maximum absolute atomic E-state index is 12.5. The van der Waals surface area contributed by atoms with Gasteiger partial charge in [0.05, 0.1) is 5.56 Å². The Kier molecular flexibility index (Phi) is 3.28. The van der Waals surface area contributed by atoms with Crippen molar-refractivity contribution in [2.75, 3.05) is 0 Å². The van der Waals surface area contributed by atoms with Crippen LogP contribution in [0.5, 0.6) is 0 Å². The van der Waals surface area contributed by atoms with E-state index in [2.05, 4.69) is 20.1 Å². The first-order chi connectivity index (χ1) is 9.93. The Morgan fingerprint density at radius 3 is 2.67 bits per heavy atom. The number of fused-ring (bicyclic) bond motifs is 1. The molecule has 0 bridgehead atoms. The van der Waals surface area contributed by atoms with Crippen molar-refractivity contribution in [1.29, 1.82) is 0 Å². The van der Waals surface area contributed by atoms with E-state index >= 15 is 0 Å². The minimum Gasteiger partial charge on any atom is -0.249 e. The third-order valence-electron chi connectivity index (χ3n) is 2.62. The molecular formula is C12H8F3N5S. The topological polar surface area (TPSA) is 56.0 Å². The summed E-state index contributed by atoms with van der Waals surface area (Å²) in [5.74, 6) is 0.435. The van der Waals surface area contributed by atoms with Crippen molar-refractivity contribution in [3.05, 3.63) is 42.0 Å². The molecule has 0 aliphatic carbocycles. The predicted molar refractivity (Wildman–Crippen MR) is 68.9 cm³/mol. The van der Waals surface area contributed by atoms with E-state index in [0.29, 0.717) is 15.8 Å². The Balaban J connectivity index is 1.93. The van der Waals surface area contributed by atoms with Gasteiger partial charge in [-0.2, -0.15) is 27.8 Å². The van der Waals surface area contributed by atoms with Crippen LogP contribution >= 0.6 is 11.8 Å². The summed E-state index contributed by atoms with van der Waals surface area (Å²) in [4.78, 5) is 12.0. The van der Waals surface area contributed by atoms with Crippen LogP contribution in [0.25, 0.3) is 5.78 Å². The number of hydrogen-bond acceptors (Lipinski definition) is 5. The highest BCUT2D eigenvalue weighted by Gasteiger charge is 2.30. The van der Waals surface area contributed by atoms with E-state index in [0.717, 1.165) is 18.0 Å². The molecular weight excluding hydrogens is 303 g/mol. The molecule has 3 rings (SSSR count). The molecule has 0 aliphatic heterocycles. The number of nitrogens with zero attached hydrogens (tertiary/aromatic N) is 5. The van der Waals surface area contributed by atoms with Crippen LogP contribution in [-0.4, -0.2) is 24.6 Å². The SMILES string of the molecule is Cc1cc(Sc2ccc(C(F)(F)F)cn2)n2ncnc2n1. The van der Waals surface area contributed by atoms with E-state index in [1.54, 1.807) is 13.0 Å². The fourth-order valence-corrected chi connectivity index (χ4v) is 2.59. The summed E-state index contributed by atoms with van der Waals surface area (Å²) < 4.78 is 39.0. The van der Waals surface area contributed by atoms with Gasteiger partial charge in [-0.1, -0.05) is 0 Å². The second kappa shape index (κ2) is 4.99. The molecule has 0 atom stereocenters. The third kappa shape index (κ3) is 2.82. The number of aryl methyl sites for hydroxylation is 1. The molecule has 0 fully saturated rings. The van der Waals surface area contributed by atoms with E-state index in [4.69, 9.17) is 0 Å². The monoisotopic (exact) mass is 311 g/mol. The van der Waals surface area contributed by atoms with Crippen molar-refractivity contribution >= 4 is 17.5 Å². The molecule has 3 aromatic heterocycles. The Morgan fingerprint density at radius 2 is 2.00 bits per heavy atom. The maximum Gasteiger partial charge on any atom is 0.417 e. The summed E-state index contributed by atoms with van der Waals surface area (Å²) in [7, 11) is 0. The number of halogens is 3. The highest BCUT2D eigenvalue weighted by molar-refractivity contribution is 7.99. The van der Waals surface area contributed by atoms with Crippen LogP contribution in [0, 0.1) is 6.92 Å². The minimum absolute atomic E-state index is 0.435. The summed E-state index contributed by atoms with van der Waals surface area (Å²) in [6.45, 7) is 1.80. The van der Waals surface area contributed by atoms with E-state index in [9.17, 15) is 13.2 Å². The summed E-state index contributed by atoms with van der Waals surface area (Å²) >= 11 is 1.20. The largest absolute Gasteiger partial charge is 0.417 e. The molecule has 0 N–H and O–H groups in total. The van der Waals surface area contributed by atoms with Gasteiger partial charge in [-0.25, -0.2) is 9.97 Å². The van der Waals surface area contributed by atoms with Crippen LogP contribution in [0.2, 0.25) is 0 Å². The van der Waals surface area contributed by atoms with Gasteiger partial charge in [0, 0.05) is 11.9 Å². The van der Waals surface area contributed by atoms with Crippen LogP contribution in [-0.2, 0) is 6.18 Å². The number of rotatable bonds is 2. The van der Waals surface area contributed by atoms with Crippen molar-refractivity contribution in [2.45, 2.75) is 23.2 Å². The van der Waals surface area contributed by atoms with Gasteiger partial charge in [0.2, 0.25) is 0 Å². The normalized spacial score (nSPS) is 12.0. The van der Waals surface area contributed by atoms with Gasteiger partial charge in [-0.15, -0.1) is 0 Å². The first-order valence-corrected chi connectivity index (χ1v) is 6.63. The lowest BCUT2D eigenvalue weighted by Gasteiger charge is -2.07. The third-order valence-corrected chi connectivity index (χ3v) is 3.57. The fourth-order valence-electron chi connectivity index (χ4n) is 1.69. The second-order valence-electron chi connectivity index (χ2n) is 4.19. The summed E-state index contributed by atoms with van der Waals surface area (Å²) in [5.41, 5.74) is -0.0337. The van der Waals surface area contributed by atoms with Crippen LogP contribution < -0.4 is 0 Å². The molecule has 3 aromatic rings. The molecule has 0 unspecified atom stereocenters. The highest BCUT2D eigenvalue weighted by atomic mass is 32.2. The van der Waals surface area contributed by atoms with E-state index < -0.39 is 11.7 Å². The van der Waals surface area contributed by atoms with E-state index in [-0.39, 0.29) is 0 Å². The van der Waals surface area contributed by atoms with Gasteiger partial charge in [0.25, 0.3) is 5.78 Å². The first-order valence-electron chi connectivity index (χ1n) is 5.82. The molecule has 0 spiro atoms. The minimum atomic E-state index is -4.39. The van der Waals surface area contributed by atoms with Gasteiger partial charge in [-0.05, 0) is 36.9 Å². The molecule has 3 heterocycles. The highest BCUT2D eigenvalue weighted by Crippen LogP contribution is 2.31. The average Bonchev–Trinajstić information content (AvgIpc) is 2.86. The quantitative estimate of drug-likeness (QED) is 0.681. The van der Waals surface area contributed by atoms with Crippen LogP contribution in [0.3, 0.4) is 0 Å². The number of alkyl halides is 3. The lowest BCUT2D eigenvalue weighted by atomic mass is 10.3. The average molecular weight is 311 g/mol. The van der Waals surface area contributed by atoms with Crippen LogP contribution in [0.15, 0.2) is 40.8 Å². The van der Waals surface area contributed by atoms with Crippen molar-refractivity contribution < 1.29 is 13.2 Å². The zero-order valence-electron chi connectivity index (χ0n) is 10.7. The predicted octanol–water partition coefficient (Wildman–Crippen LogP) is 3.00. The number of aromatic nitrogens is 5. The molecule has 0 saturated heterocycles. The van der Waals surface area contributed by atoms with Gasteiger partial charge < -0.3 is 0 Å². The lowest BCUT2D eigenvalue weighted by Crippen LogP contribution is -2.05. The molecule has 21 heavy (non-hydrogen) atoms. The summed E-state index contributed by atoms with van der Waals surface area (Å²) in [6.07, 6.45) is -2.20. The zero-order valence-corrected chi connectivity index (χ0v) is 11.5. The first kappa shape index (κ1) is 13.8. The second-order valence-corrected chi connectivity index (χ2v) is 5.23. The Hall–Kier alpha value is -2.16. The summed E-state index contributed by atoms with van der Waals surface area (Å²) in [6, 6.07) is 4.10. The Bertz CT molecular complexity index is 782. The van der Waals surface area contributed by atoms with Gasteiger partial charge in [-0.3, -0.25) is 0 Å². The smallest absolute Gasteiger partial charge is 0.249 e. The fraction of sp³-hybridized carbons (Fsp3) is 0.167. The standard InChI is InChI=1S/C12H8F3N5S/c1-7-4-10(20-11(19-7)17-6-18-20)21-9-3-2-8(5-16-9)12(13,14)15/h2-6H,1H3. The molecule has 0 aliphatic rings. The van der Waals surface area contributed by atoms with Crippen molar-refractivity contribution in [3.8, 4) is 0 Å². The lowest BCUT2D eigenvalue weighted by molar-refractivity contribution is -0.137. The number of pyridine rings is 1. The van der Waals surface area contributed by atoms with Crippen molar-refractivity contribution in [1.82, 2.24) is 24.6 Å². The number of hydrogen-bond donors (Lipinski definition) is 0. The Labute approximate surface area is 121 Å². The van der Waals surface area contributed by atoms with E-state index in [1.165, 1.54) is 28.7 Å². The van der Waals surface area contributed by atoms with Crippen molar-refractivity contribution in [2.24, 2.45) is 0 Å². The molecule has 108 valence electrons. The Morgan fingerprint density at radius 1 is 1.19 bits per heavy atom. The van der Waals surface area contributed by atoms with Crippen LogP contribution in [0.1, 0.15) is 11.3 Å². The maximum atomic E-state index is 12.5. The molecule has 0 aromatic carbocycles. The zero-order chi connectivity index (χ0) is 15.0. The van der Waals surface area contributed by atoms with Gasteiger partial charge in [0.15, 0.2) is 0 Å². The molecule has 9 heteroatoms. The van der Waals surface area contributed by atoms with Gasteiger partial charge >= 0.3 is 6.18 Å². The molecule has 0 amide bonds. The van der Waals surface area contributed by atoms with E-state index in [1.807, 2.05) is 0 Å². The molecule has 0 radical (unpaired) electrons. The van der Waals surface area contributed by atoms with Crippen LogP contribution in [0.4, 0.5) is 13.2 Å². The molecule has 0 saturated carbocycles. The molecule has 5 nitrogen and oxygen atoms in total. The summed E-state index contributed by atoms with van der Waals surface area (Å²) in [5, 5.41) is 5.15. The van der Waals surface area contributed by atoms with Crippen molar-refractivity contribution in [3.63, 3.8) is 0 Å². The van der Waals surface area contributed by atoms with Gasteiger partial charge in [0.1, 0.15) is 16.4 Å².